The maximum Gasteiger partial charge on any atom is 0.421 e. The van der Waals surface area contributed by atoms with Gasteiger partial charge < -0.3 is 9.80 Å². The average Bonchev–Trinajstić information content (AvgIpc) is 3.22. The predicted molar refractivity (Wildman–Crippen MR) is 109 cm³/mol. The van der Waals surface area contributed by atoms with Crippen molar-refractivity contribution in [2.45, 2.75) is 32.0 Å². The minimum Gasteiger partial charge on any atom is -0.338 e. The molecule has 1 unspecified atom stereocenters. The molecule has 2 aromatic heterocycles. The topological polar surface area (TPSA) is 98.3 Å². The quantitative estimate of drug-likeness (QED) is 0.750. The van der Waals surface area contributed by atoms with Crippen molar-refractivity contribution < 1.29 is 18.0 Å². The lowest BCUT2D eigenvalue weighted by Gasteiger charge is -2.36. The smallest absolute Gasteiger partial charge is 0.338 e. The Bertz CT molecular complexity index is 1020. The summed E-state index contributed by atoms with van der Waals surface area (Å²) >= 11 is 0. The SMILES string of the molecule is Cc1cnc(N2CCN(C(=O)CN3CCCC3c3cc(C(F)(F)F)c(=O)[nH]n3)CC2)nc1. The number of aromatic amines is 1. The lowest BCUT2D eigenvalue weighted by molar-refractivity contribution is -0.139. The Morgan fingerprint density at radius 2 is 1.84 bits per heavy atom. The van der Waals surface area contributed by atoms with Crippen LogP contribution in [0.5, 0.6) is 0 Å². The summed E-state index contributed by atoms with van der Waals surface area (Å²) in [5, 5.41) is 5.78. The summed E-state index contributed by atoms with van der Waals surface area (Å²) in [5.74, 6) is 0.550. The molecule has 9 nitrogen and oxygen atoms in total. The Labute approximate surface area is 182 Å². The van der Waals surface area contributed by atoms with Gasteiger partial charge in [0, 0.05) is 38.6 Å². The zero-order valence-corrected chi connectivity index (χ0v) is 17.6. The first-order valence-corrected chi connectivity index (χ1v) is 10.4. The summed E-state index contributed by atoms with van der Waals surface area (Å²) in [7, 11) is 0. The van der Waals surface area contributed by atoms with Gasteiger partial charge in [-0.15, -0.1) is 0 Å². The first-order valence-electron chi connectivity index (χ1n) is 10.4. The van der Waals surface area contributed by atoms with E-state index in [1.165, 1.54) is 0 Å². The van der Waals surface area contributed by atoms with Crippen molar-refractivity contribution in [1.82, 2.24) is 30.0 Å². The Balaban J connectivity index is 1.38. The normalized spacial score (nSPS) is 20.1. The molecule has 2 aliphatic rings. The third kappa shape index (κ3) is 4.74. The highest BCUT2D eigenvalue weighted by molar-refractivity contribution is 5.78. The molecule has 32 heavy (non-hydrogen) atoms. The van der Waals surface area contributed by atoms with Crippen molar-refractivity contribution in [3.63, 3.8) is 0 Å². The molecule has 2 saturated heterocycles. The van der Waals surface area contributed by atoms with E-state index in [0.717, 1.165) is 18.1 Å². The zero-order valence-electron chi connectivity index (χ0n) is 17.6. The number of anilines is 1. The number of piperazine rings is 1. The standard InChI is InChI=1S/C20H24F3N7O2/c1-13-10-24-19(25-11-13)29-7-5-28(6-8-29)17(31)12-30-4-2-3-16(30)15-9-14(20(21,22)23)18(32)27-26-15/h9-11,16H,2-8,12H2,1H3,(H,27,32). The molecule has 0 spiro atoms. The van der Waals surface area contributed by atoms with E-state index >= 15 is 0 Å². The molecule has 0 radical (unpaired) electrons. The van der Waals surface area contributed by atoms with E-state index in [4.69, 9.17) is 0 Å². The van der Waals surface area contributed by atoms with Crippen LogP contribution in [0.3, 0.4) is 0 Å². The summed E-state index contributed by atoms with van der Waals surface area (Å²) < 4.78 is 39.3. The van der Waals surface area contributed by atoms with Crippen LogP contribution in [-0.4, -0.2) is 75.1 Å². The van der Waals surface area contributed by atoms with Crippen LogP contribution in [0, 0.1) is 6.92 Å². The first kappa shape index (κ1) is 22.2. The first-order chi connectivity index (χ1) is 15.2. The number of hydrogen-bond donors (Lipinski definition) is 1. The Morgan fingerprint density at radius 1 is 1.16 bits per heavy atom. The third-order valence-corrected chi connectivity index (χ3v) is 5.85. The highest BCUT2D eigenvalue weighted by Crippen LogP contribution is 2.33. The maximum atomic E-state index is 13.1. The van der Waals surface area contributed by atoms with E-state index in [0.29, 0.717) is 45.1 Å². The molecular weight excluding hydrogens is 427 g/mol. The summed E-state index contributed by atoms with van der Waals surface area (Å²) in [4.78, 5) is 38.6. The number of carbonyl (C=O) groups is 1. The second-order valence-electron chi connectivity index (χ2n) is 8.09. The second-order valence-corrected chi connectivity index (χ2v) is 8.09. The number of H-pyrrole nitrogens is 1. The van der Waals surface area contributed by atoms with Crippen molar-refractivity contribution in [3.05, 3.63) is 45.6 Å². The lowest BCUT2D eigenvalue weighted by atomic mass is 10.1. The van der Waals surface area contributed by atoms with Gasteiger partial charge in [0.25, 0.3) is 5.56 Å². The summed E-state index contributed by atoms with van der Waals surface area (Å²) in [6.45, 7) is 4.83. The number of nitrogens with one attached hydrogen (secondary N) is 1. The molecular formula is C20H24F3N7O2. The van der Waals surface area contributed by atoms with E-state index in [2.05, 4.69) is 15.1 Å². The number of halogens is 3. The summed E-state index contributed by atoms with van der Waals surface area (Å²) in [5.41, 5.74) is -1.43. The Morgan fingerprint density at radius 3 is 2.50 bits per heavy atom. The highest BCUT2D eigenvalue weighted by atomic mass is 19.4. The van der Waals surface area contributed by atoms with E-state index < -0.39 is 23.3 Å². The monoisotopic (exact) mass is 451 g/mol. The molecule has 2 fully saturated rings. The molecule has 4 rings (SSSR count). The van der Waals surface area contributed by atoms with Crippen LogP contribution in [0.15, 0.2) is 23.3 Å². The molecule has 12 heteroatoms. The molecule has 1 amide bonds. The zero-order chi connectivity index (χ0) is 22.9. The number of aryl methyl sites for hydroxylation is 1. The molecule has 1 N–H and O–H groups in total. The van der Waals surface area contributed by atoms with Gasteiger partial charge >= 0.3 is 6.18 Å². The fourth-order valence-electron chi connectivity index (χ4n) is 4.13. The fourth-order valence-corrected chi connectivity index (χ4v) is 4.13. The second kappa shape index (κ2) is 8.85. The van der Waals surface area contributed by atoms with Crippen molar-refractivity contribution >= 4 is 11.9 Å². The minimum atomic E-state index is -4.76. The predicted octanol–water partition coefficient (Wildman–Crippen LogP) is 1.37. The summed E-state index contributed by atoms with van der Waals surface area (Å²) in [6.07, 6.45) is 0.0526. The molecule has 2 aliphatic heterocycles. The van der Waals surface area contributed by atoms with Crippen LogP contribution in [0.1, 0.15) is 35.7 Å². The molecule has 2 aromatic rings. The van der Waals surface area contributed by atoms with Crippen molar-refractivity contribution in [3.8, 4) is 0 Å². The van der Waals surface area contributed by atoms with Gasteiger partial charge in [0.15, 0.2) is 0 Å². The molecule has 0 saturated carbocycles. The van der Waals surface area contributed by atoms with E-state index in [-0.39, 0.29) is 18.1 Å². The number of carbonyl (C=O) groups excluding carboxylic acids is 1. The van der Waals surface area contributed by atoms with E-state index in [1.807, 2.05) is 21.8 Å². The summed E-state index contributed by atoms with van der Waals surface area (Å²) in [6, 6.07) is 0.353. The van der Waals surface area contributed by atoms with Crippen LogP contribution in [-0.2, 0) is 11.0 Å². The van der Waals surface area contributed by atoms with Gasteiger partial charge in [-0.2, -0.15) is 18.3 Å². The highest BCUT2D eigenvalue weighted by Gasteiger charge is 2.37. The number of aromatic nitrogens is 4. The van der Waals surface area contributed by atoms with Crippen LogP contribution in [0.2, 0.25) is 0 Å². The number of hydrogen-bond acceptors (Lipinski definition) is 7. The van der Waals surface area contributed by atoms with Gasteiger partial charge in [-0.25, -0.2) is 15.1 Å². The van der Waals surface area contributed by atoms with E-state index in [9.17, 15) is 22.8 Å². The Hall–Kier alpha value is -3.02. The molecule has 0 bridgehead atoms. The van der Waals surface area contributed by atoms with Gasteiger partial charge in [0.2, 0.25) is 11.9 Å². The third-order valence-electron chi connectivity index (χ3n) is 5.85. The van der Waals surface area contributed by atoms with E-state index in [1.54, 1.807) is 17.3 Å². The molecule has 0 aromatic carbocycles. The van der Waals surface area contributed by atoms with Crippen molar-refractivity contribution in [2.75, 3.05) is 44.2 Å². The van der Waals surface area contributed by atoms with Crippen molar-refractivity contribution in [1.29, 1.82) is 0 Å². The van der Waals surface area contributed by atoms with Crippen LogP contribution in [0.25, 0.3) is 0 Å². The lowest BCUT2D eigenvalue weighted by Crippen LogP contribution is -2.51. The number of amides is 1. The minimum absolute atomic E-state index is 0.0816. The number of likely N-dealkylation sites (tertiary alicyclic amines) is 1. The number of nitrogens with zero attached hydrogens (tertiary/aromatic N) is 6. The molecule has 0 aliphatic carbocycles. The largest absolute Gasteiger partial charge is 0.421 e. The Kier molecular flexibility index (Phi) is 6.13. The van der Waals surface area contributed by atoms with Crippen LogP contribution >= 0.6 is 0 Å². The van der Waals surface area contributed by atoms with Crippen molar-refractivity contribution in [2.24, 2.45) is 0 Å². The van der Waals surface area contributed by atoms with Crippen LogP contribution in [0.4, 0.5) is 19.1 Å². The number of rotatable bonds is 4. The van der Waals surface area contributed by atoms with Gasteiger partial charge in [-0.3, -0.25) is 14.5 Å². The maximum absolute atomic E-state index is 13.1. The molecule has 4 heterocycles. The van der Waals surface area contributed by atoms with Gasteiger partial charge in [-0.1, -0.05) is 0 Å². The molecule has 1 atom stereocenters. The van der Waals surface area contributed by atoms with Gasteiger partial charge in [0.1, 0.15) is 5.56 Å². The van der Waals surface area contributed by atoms with Gasteiger partial charge in [-0.05, 0) is 37.9 Å². The molecule has 172 valence electrons. The fraction of sp³-hybridized carbons (Fsp3) is 0.550. The average molecular weight is 451 g/mol. The number of alkyl halides is 3. The van der Waals surface area contributed by atoms with Gasteiger partial charge in [0.05, 0.1) is 18.3 Å². The van der Waals surface area contributed by atoms with Crippen LogP contribution < -0.4 is 10.5 Å².